The van der Waals surface area contributed by atoms with Gasteiger partial charge in [0.2, 0.25) is 5.91 Å². The van der Waals surface area contributed by atoms with Crippen LogP contribution in [0, 0.1) is 0 Å². The van der Waals surface area contributed by atoms with E-state index in [1.807, 2.05) is 17.0 Å². The van der Waals surface area contributed by atoms with Crippen molar-refractivity contribution in [3.8, 4) is 0 Å². The van der Waals surface area contributed by atoms with Gasteiger partial charge in [0.15, 0.2) is 0 Å². The highest BCUT2D eigenvalue weighted by molar-refractivity contribution is 5.76. The first kappa shape index (κ1) is 20.0. The Morgan fingerprint density at radius 2 is 1.85 bits per heavy atom. The Morgan fingerprint density at radius 3 is 2.58 bits per heavy atom. The van der Waals surface area contributed by atoms with Crippen LogP contribution in [-0.2, 0) is 17.9 Å². The molecule has 2 rings (SSSR count). The molecule has 2 aromatic rings. The summed E-state index contributed by atoms with van der Waals surface area (Å²) in [5, 5.41) is 0. The molecular formula is C23H32N2O. The molecule has 0 aliphatic rings. The van der Waals surface area contributed by atoms with Crippen molar-refractivity contribution in [2.45, 2.75) is 58.5 Å². The van der Waals surface area contributed by atoms with E-state index in [0.29, 0.717) is 19.5 Å². The first-order valence-electron chi connectivity index (χ1n) is 9.81. The van der Waals surface area contributed by atoms with Crippen LogP contribution in [0.1, 0.15) is 56.7 Å². The fourth-order valence-corrected chi connectivity index (χ4v) is 3.17. The number of carbonyl (C=O) groups excluding carboxylic acids is 1. The molecule has 0 spiro atoms. The van der Waals surface area contributed by atoms with E-state index in [1.165, 1.54) is 24.8 Å². The van der Waals surface area contributed by atoms with Crippen molar-refractivity contribution in [2.24, 2.45) is 0 Å². The minimum Gasteiger partial charge on any atom is -0.345 e. The molecule has 0 bridgehead atoms. The minimum atomic E-state index is 0.230. The number of carbonyl (C=O) groups is 1. The summed E-state index contributed by atoms with van der Waals surface area (Å²) < 4.78 is 2.22. The Morgan fingerprint density at radius 1 is 1.08 bits per heavy atom. The van der Waals surface area contributed by atoms with Crippen LogP contribution < -0.4 is 0 Å². The highest BCUT2D eigenvalue weighted by Crippen LogP contribution is 2.13. The fraction of sp³-hybridized carbons (Fsp3) is 0.435. The Balaban J connectivity index is 1.93. The third kappa shape index (κ3) is 6.55. The van der Waals surface area contributed by atoms with Crippen LogP contribution in [0.4, 0.5) is 0 Å². The molecule has 0 aliphatic carbocycles. The normalized spacial score (nSPS) is 10.7. The monoisotopic (exact) mass is 352 g/mol. The average molecular weight is 353 g/mol. The maximum absolute atomic E-state index is 12.6. The molecule has 26 heavy (non-hydrogen) atoms. The molecular weight excluding hydrogens is 320 g/mol. The first-order valence-corrected chi connectivity index (χ1v) is 9.81. The van der Waals surface area contributed by atoms with Gasteiger partial charge in [-0.05, 0) is 24.1 Å². The van der Waals surface area contributed by atoms with Crippen molar-refractivity contribution < 1.29 is 4.79 Å². The quantitative estimate of drug-likeness (QED) is 0.370. The maximum atomic E-state index is 12.6. The first-order chi connectivity index (χ1) is 12.7. The van der Waals surface area contributed by atoms with Crippen LogP contribution in [0.2, 0.25) is 0 Å². The predicted octanol–water partition coefficient (Wildman–Crippen LogP) is 5.41. The number of benzene rings is 1. The number of unbranched alkanes of at least 4 members (excludes halogenated alkanes) is 4. The molecule has 3 nitrogen and oxygen atoms in total. The molecule has 0 fully saturated rings. The number of rotatable bonds is 12. The van der Waals surface area contributed by atoms with Gasteiger partial charge in [-0.15, -0.1) is 6.58 Å². The molecule has 140 valence electrons. The zero-order valence-electron chi connectivity index (χ0n) is 16.1. The predicted molar refractivity (Wildman–Crippen MR) is 109 cm³/mol. The Labute approximate surface area is 158 Å². The second-order valence-corrected chi connectivity index (χ2v) is 6.84. The lowest BCUT2D eigenvalue weighted by Gasteiger charge is -2.22. The summed E-state index contributed by atoms with van der Waals surface area (Å²) >= 11 is 0. The molecule has 1 amide bonds. The van der Waals surface area contributed by atoms with Gasteiger partial charge in [-0.2, -0.15) is 0 Å². The van der Waals surface area contributed by atoms with Crippen LogP contribution in [-0.4, -0.2) is 21.9 Å². The van der Waals surface area contributed by atoms with Gasteiger partial charge >= 0.3 is 0 Å². The van der Waals surface area contributed by atoms with E-state index in [9.17, 15) is 4.79 Å². The molecule has 0 aliphatic heterocycles. The van der Waals surface area contributed by atoms with Crippen molar-refractivity contribution >= 4 is 5.91 Å². The largest absolute Gasteiger partial charge is 0.345 e. The van der Waals surface area contributed by atoms with Crippen molar-refractivity contribution in [2.75, 3.05) is 6.54 Å². The summed E-state index contributed by atoms with van der Waals surface area (Å²) in [5.41, 5.74) is 2.43. The SMILES string of the molecule is C=CCN(Cc1cccn1Cc1ccccc1)C(=O)CCCCCCC. The van der Waals surface area contributed by atoms with Gasteiger partial charge in [-0.3, -0.25) is 4.79 Å². The van der Waals surface area contributed by atoms with Gasteiger partial charge < -0.3 is 9.47 Å². The zero-order valence-corrected chi connectivity index (χ0v) is 16.1. The zero-order chi connectivity index (χ0) is 18.6. The molecule has 0 saturated heterocycles. The van der Waals surface area contributed by atoms with E-state index in [0.717, 1.165) is 25.1 Å². The fourth-order valence-electron chi connectivity index (χ4n) is 3.17. The number of hydrogen-bond donors (Lipinski definition) is 0. The summed E-state index contributed by atoms with van der Waals surface area (Å²) in [6.45, 7) is 8.10. The Hall–Kier alpha value is -2.29. The van der Waals surface area contributed by atoms with Gasteiger partial charge in [0, 0.05) is 31.4 Å². The van der Waals surface area contributed by atoms with Crippen molar-refractivity contribution in [3.05, 3.63) is 72.6 Å². The van der Waals surface area contributed by atoms with Crippen molar-refractivity contribution in [1.82, 2.24) is 9.47 Å². The summed E-state index contributed by atoms with van der Waals surface area (Å²) in [4.78, 5) is 14.6. The molecule has 0 unspecified atom stereocenters. The molecule has 0 atom stereocenters. The van der Waals surface area contributed by atoms with Gasteiger partial charge in [-0.25, -0.2) is 0 Å². The van der Waals surface area contributed by atoms with Crippen LogP contribution in [0.5, 0.6) is 0 Å². The highest BCUT2D eigenvalue weighted by atomic mass is 16.2. The average Bonchev–Trinajstić information content (AvgIpc) is 3.08. The lowest BCUT2D eigenvalue weighted by atomic mass is 10.1. The summed E-state index contributed by atoms with van der Waals surface area (Å²) in [5.74, 6) is 0.230. The van der Waals surface area contributed by atoms with E-state index in [4.69, 9.17) is 0 Å². The maximum Gasteiger partial charge on any atom is 0.223 e. The van der Waals surface area contributed by atoms with Crippen LogP contribution in [0.25, 0.3) is 0 Å². The van der Waals surface area contributed by atoms with E-state index in [2.05, 4.69) is 60.7 Å². The van der Waals surface area contributed by atoms with Crippen LogP contribution >= 0.6 is 0 Å². The van der Waals surface area contributed by atoms with E-state index in [-0.39, 0.29) is 5.91 Å². The number of amides is 1. The Kier molecular flexibility index (Phi) is 8.74. The number of nitrogens with zero attached hydrogens (tertiary/aromatic N) is 2. The molecule has 1 heterocycles. The summed E-state index contributed by atoms with van der Waals surface area (Å²) in [7, 11) is 0. The number of hydrogen-bond acceptors (Lipinski definition) is 1. The lowest BCUT2D eigenvalue weighted by Crippen LogP contribution is -2.31. The molecule has 0 radical (unpaired) electrons. The van der Waals surface area contributed by atoms with Crippen LogP contribution in [0.3, 0.4) is 0 Å². The van der Waals surface area contributed by atoms with Crippen LogP contribution in [0.15, 0.2) is 61.3 Å². The molecule has 0 N–H and O–H groups in total. The van der Waals surface area contributed by atoms with Crippen molar-refractivity contribution in [1.29, 1.82) is 0 Å². The lowest BCUT2D eigenvalue weighted by molar-refractivity contribution is -0.131. The van der Waals surface area contributed by atoms with Crippen molar-refractivity contribution in [3.63, 3.8) is 0 Å². The van der Waals surface area contributed by atoms with E-state index in [1.54, 1.807) is 0 Å². The number of aromatic nitrogens is 1. The van der Waals surface area contributed by atoms with E-state index < -0.39 is 0 Å². The summed E-state index contributed by atoms with van der Waals surface area (Å²) in [6, 6.07) is 14.6. The van der Waals surface area contributed by atoms with E-state index >= 15 is 0 Å². The van der Waals surface area contributed by atoms with Gasteiger partial charge in [0.1, 0.15) is 0 Å². The smallest absolute Gasteiger partial charge is 0.223 e. The molecule has 3 heteroatoms. The summed E-state index contributed by atoms with van der Waals surface area (Å²) in [6.07, 6.45) is 10.4. The molecule has 0 saturated carbocycles. The second kappa shape index (κ2) is 11.3. The topological polar surface area (TPSA) is 25.2 Å². The Bertz CT molecular complexity index is 660. The molecule has 1 aromatic heterocycles. The van der Waals surface area contributed by atoms with Gasteiger partial charge in [0.05, 0.1) is 6.54 Å². The third-order valence-corrected chi connectivity index (χ3v) is 4.67. The minimum absolute atomic E-state index is 0.230. The van der Waals surface area contributed by atoms with Gasteiger partial charge in [-0.1, -0.05) is 69.0 Å². The second-order valence-electron chi connectivity index (χ2n) is 6.84. The molecule has 1 aromatic carbocycles. The third-order valence-electron chi connectivity index (χ3n) is 4.67. The highest BCUT2D eigenvalue weighted by Gasteiger charge is 2.14. The standard InChI is InChI=1S/C23H32N2O/c1-3-5-6-7-11-16-23(26)25(17-4-2)20-22-15-12-18-24(22)19-21-13-9-8-10-14-21/h4,8-10,12-15,18H,2-3,5-7,11,16-17,19-20H2,1H3. The van der Waals surface area contributed by atoms with Gasteiger partial charge in [0.25, 0.3) is 0 Å².